The molecule has 0 saturated carbocycles. The maximum absolute atomic E-state index is 11.4. The fourth-order valence-corrected chi connectivity index (χ4v) is 1.87. The third kappa shape index (κ3) is 13.3. The second-order valence-corrected chi connectivity index (χ2v) is 5.49. The Labute approximate surface area is 113 Å². The van der Waals surface area contributed by atoms with Crippen molar-refractivity contribution < 1.29 is 4.79 Å². The van der Waals surface area contributed by atoms with Gasteiger partial charge < -0.3 is 10.6 Å². The van der Waals surface area contributed by atoms with Crippen molar-refractivity contribution in [3.05, 3.63) is 0 Å². The topological polar surface area (TPSA) is 41.1 Å². The molecule has 0 saturated heterocycles. The van der Waals surface area contributed by atoms with Crippen molar-refractivity contribution in [1.29, 1.82) is 0 Å². The number of rotatable bonds is 11. The number of carbonyl (C=O) groups excluding carboxylic acids is 1. The highest BCUT2D eigenvalue weighted by Gasteiger charge is 1.98. The molecule has 0 rings (SSSR count). The molecule has 2 N–H and O–H groups in total. The van der Waals surface area contributed by atoms with Gasteiger partial charge in [0.15, 0.2) is 0 Å². The number of carbonyl (C=O) groups is 1. The summed E-state index contributed by atoms with van der Waals surface area (Å²) in [5.74, 6) is 0.796. The summed E-state index contributed by atoms with van der Waals surface area (Å²) in [6.07, 6.45) is 9.69. The van der Waals surface area contributed by atoms with Crippen molar-refractivity contribution in [2.45, 2.75) is 72.1 Å². The molecule has 0 unspecified atom stereocenters. The zero-order valence-electron chi connectivity index (χ0n) is 12.6. The molecule has 0 fully saturated rings. The van der Waals surface area contributed by atoms with Gasteiger partial charge in [-0.25, -0.2) is 4.79 Å². The van der Waals surface area contributed by atoms with Gasteiger partial charge in [0.25, 0.3) is 0 Å². The second kappa shape index (κ2) is 12.7. The number of hydrogen-bond donors (Lipinski definition) is 2. The molecule has 0 aliphatic rings. The normalized spacial score (nSPS) is 10.7. The van der Waals surface area contributed by atoms with Crippen molar-refractivity contribution in [1.82, 2.24) is 10.6 Å². The van der Waals surface area contributed by atoms with E-state index in [1.165, 1.54) is 38.5 Å². The van der Waals surface area contributed by atoms with Crippen molar-refractivity contribution in [2.24, 2.45) is 5.92 Å². The highest BCUT2D eigenvalue weighted by Crippen LogP contribution is 2.07. The van der Waals surface area contributed by atoms with E-state index in [0.29, 0.717) is 0 Å². The lowest BCUT2D eigenvalue weighted by Gasteiger charge is -2.08. The minimum absolute atomic E-state index is 0.00430. The largest absolute Gasteiger partial charge is 0.338 e. The number of hydrogen-bond acceptors (Lipinski definition) is 1. The molecule has 0 spiro atoms. The van der Waals surface area contributed by atoms with Gasteiger partial charge in [-0.3, -0.25) is 0 Å². The smallest absolute Gasteiger partial charge is 0.314 e. The van der Waals surface area contributed by atoms with Crippen LogP contribution in [0.2, 0.25) is 0 Å². The van der Waals surface area contributed by atoms with Gasteiger partial charge in [0.2, 0.25) is 0 Å². The molecule has 0 atom stereocenters. The molecule has 0 radical (unpaired) electrons. The second-order valence-electron chi connectivity index (χ2n) is 5.49. The third-order valence-electron chi connectivity index (χ3n) is 3.06. The number of unbranched alkanes of at least 4 members (excludes halogenated alkanes) is 5. The van der Waals surface area contributed by atoms with E-state index in [1.807, 2.05) is 0 Å². The van der Waals surface area contributed by atoms with Crippen LogP contribution in [-0.2, 0) is 0 Å². The quantitative estimate of drug-likeness (QED) is 0.537. The molecule has 0 aliphatic carbocycles. The first-order valence-electron chi connectivity index (χ1n) is 7.68. The van der Waals surface area contributed by atoms with E-state index in [2.05, 4.69) is 31.4 Å². The van der Waals surface area contributed by atoms with Crippen LogP contribution in [0.15, 0.2) is 0 Å². The van der Waals surface area contributed by atoms with Gasteiger partial charge in [-0.2, -0.15) is 0 Å². The minimum atomic E-state index is -0.00430. The summed E-state index contributed by atoms with van der Waals surface area (Å²) in [4.78, 5) is 11.4. The zero-order valence-corrected chi connectivity index (χ0v) is 12.6. The summed E-state index contributed by atoms with van der Waals surface area (Å²) in [5.41, 5.74) is 0. The van der Waals surface area contributed by atoms with Crippen LogP contribution in [0.3, 0.4) is 0 Å². The van der Waals surface area contributed by atoms with Gasteiger partial charge in [0.05, 0.1) is 0 Å². The van der Waals surface area contributed by atoms with E-state index in [9.17, 15) is 4.79 Å². The molecule has 0 aromatic heterocycles. The molecule has 18 heavy (non-hydrogen) atoms. The molecule has 0 aromatic rings. The predicted molar refractivity (Wildman–Crippen MR) is 78.8 cm³/mol. The Morgan fingerprint density at radius 2 is 1.44 bits per heavy atom. The highest BCUT2D eigenvalue weighted by molar-refractivity contribution is 5.73. The molecule has 2 amide bonds. The number of amides is 2. The SMILES string of the molecule is CCCCCCNC(=O)NCCCCCC(C)C. The Hall–Kier alpha value is -0.730. The molecule has 3 heteroatoms. The average molecular weight is 256 g/mol. The van der Waals surface area contributed by atoms with Gasteiger partial charge in [-0.05, 0) is 18.8 Å². The Balaban J connectivity index is 3.17. The first kappa shape index (κ1) is 17.3. The van der Waals surface area contributed by atoms with Gasteiger partial charge in [0.1, 0.15) is 0 Å². The van der Waals surface area contributed by atoms with E-state index in [0.717, 1.165) is 31.8 Å². The van der Waals surface area contributed by atoms with E-state index >= 15 is 0 Å². The van der Waals surface area contributed by atoms with Crippen LogP contribution >= 0.6 is 0 Å². The Kier molecular flexibility index (Phi) is 12.2. The van der Waals surface area contributed by atoms with Crippen molar-refractivity contribution >= 4 is 6.03 Å². The maximum Gasteiger partial charge on any atom is 0.314 e. The summed E-state index contributed by atoms with van der Waals surface area (Å²) < 4.78 is 0. The van der Waals surface area contributed by atoms with Crippen LogP contribution in [0.5, 0.6) is 0 Å². The van der Waals surface area contributed by atoms with E-state index in [4.69, 9.17) is 0 Å². The number of nitrogens with one attached hydrogen (secondary N) is 2. The summed E-state index contributed by atoms with van der Waals surface area (Å²) in [7, 11) is 0. The molecule has 0 heterocycles. The molecule has 108 valence electrons. The average Bonchev–Trinajstić information content (AvgIpc) is 2.33. The van der Waals surface area contributed by atoms with Gasteiger partial charge >= 0.3 is 6.03 Å². The highest BCUT2D eigenvalue weighted by atomic mass is 16.2. The molecule has 0 bridgehead atoms. The Bertz CT molecular complexity index is 193. The fourth-order valence-electron chi connectivity index (χ4n) is 1.87. The first-order chi connectivity index (χ1) is 8.66. The lowest BCUT2D eigenvalue weighted by Crippen LogP contribution is -2.36. The minimum Gasteiger partial charge on any atom is -0.338 e. The predicted octanol–water partition coefficient (Wildman–Crippen LogP) is 4.08. The lowest BCUT2D eigenvalue weighted by molar-refractivity contribution is 0.240. The Morgan fingerprint density at radius 1 is 0.889 bits per heavy atom. The standard InChI is InChI=1S/C15H32N2O/c1-4-5-6-9-12-16-15(18)17-13-10-7-8-11-14(2)3/h14H,4-13H2,1-3H3,(H2,16,17,18). The lowest BCUT2D eigenvalue weighted by atomic mass is 10.1. The zero-order chi connectivity index (χ0) is 13.6. The van der Waals surface area contributed by atoms with E-state index in [1.54, 1.807) is 0 Å². The first-order valence-corrected chi connectivity index (χ1v) is 7.68. The van der Waals surface area contributed by atoms with Crippen LogP contribution in [-0.4, -0.2) is 19.1 Å². The third-order valence-corrected chi connectivity index (χ3v) is 3.06. The monoisotopic (exact) mass is 256 g/mol. The van der Waals surface area contributed by atoms with Crippen LogP contribution in [0.1, 0.15) is 72.1 Å². The van der Waals surface area contributed by atoms with Gasteiger partial charge in [-0.1, -0.05) is 59.3 Å². The Morgan fingerprint density at radius 3 is 1.94 bits per heavy atom. The molecular weight excluding hydrogens is 224 g/mol. The van der Waals surface area contributed by atoms with Crippen LogP contribution in [0.4, 0.5) is 4.79 Å². The number of urea groups is 1. The summed E-state index contributed by atoms with van der Waals surface area (Å²) in [6, 6.07) is -0.00430. The summed E-state index contributed by atoms with van der Waals surface area (Å²) in [6.45, 7) is 8.31. The van der Waals surface area contributed by atoms with Crippen LogP contribution < -0.4 is 10.6 Å². The molecular formula is C15H32N2O. The molecule has 3 nitrogen and oxygen atoms in total. The molecule has 0 aromatic carbocycles. The van der Waals surface area contributed by atoms with Gasteiger partial charge in [0, 0.05) is 13.1 Å². The summed E-state index contributed by atoms with van der Waals surface area (Å²) in [5, 5.41) is 5.81. The van der Waals surface area contributed by atoms with E-state index < -0.39 is 0 Å². The van der Waals surface area contributed by atoms with Crippen LogP contribution in [0.25, 0.3) is 0 Å². The molecule has 0 aliphatic heterocycles. The van der Waals surface area contributed by atoms with E-state index in [-0.39, 0.29) is 6.03 Å². The van der Waals surface area contributed by atoms with Crippen molar-refractivity contribution in [3.63, 3.8) is 0 Å². The fraction of sp³-hybridized carbons (Fsp3) is 0.933. The van der Waals surface area contributed by atoms with Crippen molar-refractivity contribution in [2.75, 3.05) is 13.1 Å². The summed E-state index contributed by atoms with van der Waals surface area (Å²) >= 11 is 0. The van der Waals surface area contributed by atoms with Gasteiger partial charge in [-0.15, -0.1) is 0 Å². The maximum atomic E-state index is 11.4. The van der Waals surface area contributed by atoms with Crippen LogP contribution in [0, 0.1) is 5.92 Å². The van der Waals surface area contributed by atoms with Crippen molar-refractivity contribution in [3.8, 4) is 0 Å².